The minimum atomic E-state index is -3.90. The molecule has 7 nitrogen and oxygen atoms in total. The number of para-hydroxylation sites is 2. The van der Waals surface area contributed by atoms with Gasteiger partial charge in [0.1, 0.15) is 5.75 Å². The number of benzene rings is 3. The first kappa shape index (κ1) is 28.6. The molecule has 0 spiro atoms. The normalized spacial score (nSPS) is 19.7. The highest BCUT2D eigenvalue weighted by Crippen LogP contribution is 2.32. The van der Waals surface area contributed by atoms with E-state index in [2.05, 4.69) is 30.9 Å². The van der Waals surface area contributed by atoms with Crippen LogP contribution in [0.3, 0.4) is 0 Å². The quantitative estimate of drug-likeness (QED) is 0.258. The van der Waals surface area contributed by atoms with Crippen LogP contribution < -0.4 is 14.8 Å². The van der Waals surface area contributed by atoms with Gasteiger partial charge in [-0.2, -0.15) is 0 Å². The zero-order chi connectivity index (χ0) is 28.0. The molecule has 3 aromatic carbocycles. The van der Waals surface area contributed by atoms with Crippen LogP contribution in [-0.2, 0) is 10.0 Å². The summed E-state index contributed by atoms with van der Waals surface area (Å²) in [6.45, 7) is 3.70. The fraction of sp³-hybridized carbons (Fsp3) is 0.387. The maximum atomic E-state index is 13.1. The first-order valence-electron chi connectivity index (χ1n) is 14.0. The van der Waals surface area contributed by atoms with Crippen molar-refractivity contribution in [1.29, 1.82) is 0 Å². The number of hydrogen-bond donors (Lipinski definition) is 2. The van der Waals surface area contributed by atoms with E-state index in [0.29, 0.717) is 22.7 Å². The van der Waals surface area contributed by atoms with Gasteiger partial charge in [-0.3, -0.25) is 9.52 Å². The number of rotatable bonds is 10. The van der Waals surface area contributed by atoms with Crippen LogP contribution in [0.1, 0.15) is 55.3 Å². The van der Waals surface area contributed by atoms with Crippen LogP contribution in [0.5, 0.6) is 11.5 Å². The molecule has 1 saturated heterocycles. The molecule has 1 aliphatic carbocycles. The number of carbonyl (C=O) groups excluding carboxylic acids is 1. The minimum Gasteiger partial charge on any atom is -0.455 e. The van der Waals surface area contributed by atoms with Crippen molar-refractivity contribution in [3.05, 3.63) is 82.8 Å². The Balaban J connectivity index is 1.14. The van der Waals surface area contributed by atoms with Gasteiger partial charge in [0.2, 0.25) is 0 Å². The molecule has 3 aromatic rings. The van der Waals surface area contributed by atoms with E-state index < -0.39 is 10.0 Å². The Morgan fingerprint density at radius 3 is 2.27 bits per heavy atom. The van der Waals surface area contributed by atoms with Gasteiger partial charge < -0.3 is 15.0 Å². The number of hydrogen-bond acceptors (Lipinski definition) is 5. The second kappa shape index (κ2) is 13.2. The minimum absolute atomic E-state index is 0.0704. The molecule has 0 unspecified atom stereocenters. The molecule has 212 valence electrons. The van der Waals surface area contributed by atoms with E-state index >= 15 is 0 Å². The summed E-state index contributed by atoms with van der Waals surface area (Å²) in [7, 11) is -3.90. The van der Waals surface area contributed by atoms with Crippen molar-refractivity contribution in [3.8, 4) is 11.5 Å². The number of sulfonamides is 1. The van der Waals surface area contributed by atoms with E-state index in [1.165, 1.54) is 51.0 Å². The molecule has 0 bridgehead atoms. The summed E-state index contributed by atoms with van der Waals surface area (Å²) in [4.78, 5) is 15.5. The summed E-state index contributed by atoms with van der Waals surface area (Å²) >= 11 is 3.39. The third kappa shape index (κ3) is 7.65. The highest BCUT2D eigenvalue weighted by atomic mass is 79.9. The highest BCUT2D eigenvalue weighted by molar-refractivity contribution is 9.10. The smallest absolute Gasteiger partial charge is 0.262 e. The standard InChI is InChI=1S/C31H36BrN3O4S/c32-25-11-15-27(16-12-25)39-30-6-2-1-5-29(30)34-40(37,38)28-17-9-24(10-18-28)31(36)33-26-13-7-23(8-14-26)19-22-35-20-3-4-21-35/h1-2,5-6,9-12,15-18,23,26,34H,3-4,7-8,13-14,19-22H2,(H,33,36)/t23-,26-. The summed E-state index contributed by atoms with van der Waals surface area (Å²) in [5, 5.41) is 3.15. The average molecular weight is 627 g/mol. The molecule has 40 heavy (non-hydrogen) atoms. The van der Waals surface area contributed by atoms with Crippen molar-refractivity contribution in [2.24, 2.45) is 5.92 Å². The molecule has 2 fully saturated rings. The lowest BCUT2D eigenvalue weighted by Gasteiger charge is -2.30. The van der Waals surface area contributed by atoms with Crippen molar-refractivity contribution in [2.45, 2.75) is 55.9 Å². The van der Waals surface area contributed by atoms with Gasteiger partial charge >= 0.3 is 0 Å². The molecule has 1 saturated carbocycles. The number of halogens is 1. The van der Waals surface area contributed by atoms with Crippen molar-refractivity contribution in [2.75, 3.05) is 24.4 Å². The fourth-order valence-corrected chi connectivity index (χ4v) is 6.83. The molecule has 1 heterocycles. The fourth-order valence-electron chi connectivity index (χ4n) is 5.49. The van der Waals surface area contributed by atoms with Crippen LogP contribution in [0, 0.1) is 5.92 Å². The van der Waals surface area contributed by atoms with Gasteiger partial charge in [0.25, 0.3) is 15.9 Å². The number of anilines is 1. The molecule has 1 amide bonds. The largest absolute Gasteiger partial charge is 0.455 e. The Labute approximate surface area is 245 Å². The third-order valence-electron chi connectivity index (χ3n) is 7.83. The van der Waals surface area contributed by atoms with Crippen molar-refractivity contribution >= 4 is 37.5 Å². The first-order valence-corrected chi connectivity index (χ1v) is 16.3. The van der Waals surface area contributed by atoms with Gasteiger partial charge in [0, 0.05) is 16.1 Å². The van der Waals surface area contributed by atoms with Gasteiger partial charge in [-0.25, -0.2) is 8.42 Å². The molecule has 0 aromatic heterocycles. The maximum Gasteiger partial charge on any atom is 0.262 e. The average Bonchev–Trinajstić information content (AvgIpc) is 3.49. The van der Waals surface area contributed by atoms with E-state index in [-0.39, 0.29) is 16.8 Å². The summed E-state index contributed by atoms with van der Waals surface area (Å²) in [6, 6.07) is 20.4. The van der Waals surface area contributed by atoms with Crippen LogP contribution in [-0.4, -0.2) is 44.9 Å². The van der Waals surface area contributed by atoms with Crippen LogP contribution >= 0.6 is 15.9 Å². The van der Waals surface area contributed by atoms with E-state index in [1.807, 2.05) is 12.1 Å². The van der Waals surface area contributed by atoms with E-state index in [0.717, 1.165) is 36.1 Å². The number of nitrogens with one attached hydrogen (secondary N) is 2. The molecule has 2 aliphatic rings. The monoisotopic (exact) mass is 625 g/mol. The van der Waals surface area contributed by atoms with Gasteiger partial charge in [0.05, 0.1) is 10.6 Å². The topological polar surface area (TPSA) is 87.7 Å². The predicted molar refractivity (Wildman–Crippen MR) is 161 cm³/mol. The second-order valence-electron chi connectivity index (χ2n) is 10.7. The second-order valence-corrected chi connectivity index (χ2v) is 13.3. The van der Waals surface area contributed by atoms with Crippen LogP contribution in [0.15, 0.2) is 82.2 Å². The number of amides is 1. The molecular formula is C31H36BrN3O4S. The summed E-state index contributed by atoms with van der Waals surface area (Å²) in [5.41, 5.74) is 0.775. The van der Waals surface area contributed by atoms with E-state index in [4.69, 9.17) is 4.74 Å². The van der Waals surface area contributed by atoms with Crippen LogP contribution in [0.2, 0.25) is 0 Å². The Morgan fingerprint density at radius 2 is 1.57 bits per heavy atom. The van der Waals surface area contributed by atoms with Crippen LogP contribution in [0.25, 0.3) is 0 Å². The first-order chi connectivity index (χ1) is 19.4. The zero-order valence-electron chi connectivity index (χ0n) is 22.5. The maximum absolute atomic E-state index is 13.1. The lowest BCUT2D eigenvalue weighted by Crippen LogP contribution is -2.38. The molecule has 9 heteroatoms. The lowest BCUT2D eigenvalue weighted by atomic mass is 9.84. The summed E-state index contributed by atoms with van der Waals surface area (Å²) in [5.74, 6) is 1.55. The molecule has 0 atom stereocenters. The summed E-state index contributed by atoms with van der Waals surface area (Å²) in [6.07, 6.45) is 8.20. The van der Waals surface area contributed by atoms with Gasteiger partial charge in [-0.15, -0.1) is 0 Å². The Hall–Kier alpha value is -2.88. The lowest BCUT2D eigenvalue weighted by molar-refractivity contribution is 0.0920. The number of likely N-dealkylation sites (tertiary alicyclic amines) is 1. The molecule has 2 N–H and O–H groups in total. The Morgan fingerprint density at radius 1 is 0.900 bits per heavy atom. The van der Waals surface area contributed by atoms with Crippen molar-refractivity contribution in [3.63, 3.8) is 0 Å². The highest BCUT2D eigenvalue weighted by Gasteiger charge is 2.24. The van der Waals surface area contributed by atoms with E-state index in [1.54, 1.807) is 48.5 Å². The molecular weight excluding hydrogens is 590 g/mol. The van der Waals surface area contributed by atoms with Crippen LogP contribution in [0.4, 0.5) is 5.69 Å². The third-order valence-corrected chi connectivity index (χ3v) is 9.74. The van der Waals surface area contributed by atoms with Crippen molar-refractivity contribution < 1.29 is 17.9 Å². The van der Waals surface area contributed by atoms with E-state index in [9.17, 15) is 13.2 Å². The SMILES string of the molecule is O=C(N[C@H]1CC[C@H](CCN2CCCC2)CC1)c1ccc(S(=O)(=O)Nc2ccccc2Oc2ccc(Br)cc2)cc1. The molecule has 5 rings (SSSR count). The molecule has 1 aliphatic heterocycles. The molecule has 0 radical (unpaired) electrons. The summed E-state index contributed by atoms with van der Waals surface area (Å²) < 4.78 is 35.7. The Bertz CT molecular complexity index is 1380. The Kier molecular flexibility index (Phi) is 9.44. The predicted octanol–water partition coefficient (Wildman–Crippen LogP) is 6.82. The van der Waals surface area contributed by atoms with Crippen molar-refractivity contribution in [1.82, 2.24) is 10.2 Å². The zero-order valence-corrected chi connectivity index (χ0v) is 24.9. The number of nitrogens with zero attached hydrogens (tertiary/aromatic N) is 1. The number of carbonyl (C=O) groups is 1. The number of ether oxygens (including phenoxy) is 1. The van der Waals surface area contributed by atoms with Gasteiger partial charge in [-0.05, 0) is 131 Å². The van der Waals surface area contributed by atoms with Gasteiger partial charge in [0.15, 0.2) is 5.75 Å². The van der Waals surface area contributed by atoms with Gasteiger partial charge in [-0.1, -0.05) is 28.1 Å².